The van der Waals surface area contributed by atoms with Gasteiger partial charge in [0.25, 0.3) is 0 Å². The molecule has 6 rings (SSSR count). The first kappa shape index (κ1) is 27.1. The van der Waals surface area contributed by atoms with E-state index in [-0.39, 0.29) is 30.1 Å². The number of nitrogens with zero attached hydrogens (tertiary/aromatic N) is 6. The van der Waals surface area contributed by atoms with Gasteiger partial charge in [-0.3, -0.25) is 9.08 Å². The van der Waals surface area contributed by atoms with Crippen molar-refractivity contribution in [3.05, 3.63) is 48.5 Å². The number of imidazole rings is 1. The normalized spacial score (nSPS) is 19.9. The Bertz CT molecular complexity index is 1570. The smallest absolute Gasteiger partial charge is 0.410 e. The van der Waals surface area contributed by atoms with Crippen LogP contribution in [0.2, 0.25) is 0 Å². The van der Waals surface area contributed by atoms with Crippen LogP contribution in [-0.4, -0.2) is 71.1 Å². The predicted molar refractivity (Wildman–Crippen MR) is 154 cm³/mol. The molecule has 41 heavy (non-hydrogen) atoms. The quantitative estimate of drug-likeness (QED) is 0.350. The van der Waals surface area contributed by atoms with Crippen LogP contribution in [0.4, 0.5) is 10.6 Å². The molecule has 1 saturated heterocycles. The number of hydrogen-bond acceptors (Lipinski definition) is 8. The second kappa shape index (κ2) is 10.4. The number of phenols is 1. The fourth-order valence-electron chi connectivity index (χ4n) is 5.46. The van der Waals surface area contributed by atoms with E-state index < -0.39 is 5.60 Å². The summed E-state index contributed by atoms with van der Waals surface area (Å²) in [4.78, 5) is 23.1. The summed E-state index contributed by atoms with van der Waals surface area (Å²) in [6, 6.07) is 5.76. The number of aromatic nitrogens is 5. The fraction of sp³-hybridized carbons (Fsp3) is 0.467. The second-order valence-electron chi connectivity index (χ2n) is 12.2. The number of phenolic OH excluding ortho intramolecular Hbond substituents is 1. The van der Waals surface area contributed by atoms with Crippen LogP contribution in [0.1, 0.15) is 58.1 Å². The average Bonchev–Trinajstić information content (AvgIpc) is 3.51. The fourth-order valence-corrected chi connectivity index (χ4v) is 5.46. The molecule has 2 fully saturated rings. The van der Waals surface area contributed by atoms with Gasteiger partial charge < -0.3 is 25.2 Å². The van der Waals surface area contributed by atoms with Crippen LogP contribution in [0.15, 0.2) is 43.0 Å². The number of anilines is 1. The summed E-state index contributed by atoms with van der Waals surface area (Å²) < 4.78 is 15.6. The molecule has 3 aromatic heterocycles. The Balaban J connectivity index is 1.06. The lowest BCUT2D eigenvalue weighted by Crippen LogP contribution is -2.45. The molecule has 1 aromatic carbocycles. The lowest BCUT2D eigenvalue weighted by Gasteiger charge is -2.40. The third-order valence-electron chi connectivity index (χ3n) is 7.74. The van der Waals surface area contributed by atoms with Crippen LogP contribution in [0, 0.1) is 6.92 Å². The number of carbonyl (C=O) groups is 1. The lowest BCUT2D eigenvalue weighted by atomic mass is 9.89. The van der Waals surface area contributed by atoms with Gasteiger partial charge in [-0.1, -0.05) is 6.07 Å². The highest BCUT2D eigenvalue weighted by Crippen LogP contribution is 2.37. The van der Waals surface area contributed by atoms with Gasteiger partial charge in [-0.25, -0.2) is 9.78 Å². The Labute approximate surface area is 238 Å². The van der Waals surface area contributed by atoms with Crippen molar-refractivity contribution in [2.24, 2.45) is 0 Å². The minimum atomic E-state index is -0.484. The average molecular weight is 560 g/mol. The SMILES string of the molecule is Cc1ccc(-c2cn3cc(-c4cnn(C5CC(OC6CCN(C(=O)OC(C)(C)C)CC6)C5)c4)c(N)nc3n2)c(O)c1. The zero-order valence-corrected chi connectivity index (χ0v) is 23.9. The van der Waals surface area contributed by atoms with E-state index in [1.165, 1.54) is 0 Å². The monoisotopic (exact) mass is 559 g/mol. The number of aromatic hydroxyl groups is 1. The minimum Gasteiger partial charge on any atom is -0.507 e. The molecule has 216 valence electrons. The molecule has 4 heterocycles. The molecule has 1 amide bonds. The van der Waals surface area contributed by atoms with Crippen molar-refractivity contribution in [3.8, 4) is 28.1 Å². The van der Waals surface area contributed by atoms with Crippen LogP contribution in [0.3, 0.4) is 0 Å². The van der Waals surface area contributed by atoms with E-state index in [9.17, 15) is 9.90 Å². The molecule has 11 heteroatoms. The van der Waals surface area contributed by atoms with E-state index in [0.717, 1.165) is 42.4 Å². The summed E-state index contributed by atoms with van der Waals surface area (Å²) in [5, 5.41) is 15.0. The number of nitrogens with two attached hydrogens (primary N) is 1. The van der Waals surface area contributed by atoms with Crippen molar-refractivity contribution in [3.63, 3.8) is 0 Å². The zero-order chi connectivity index (χ0) is 28.9. The zero-order valence-electron chi connectivity index (χ0n) is 23.9. The van der Waals surface area contributed by atoms with E-state index in [4.69, 9.17) is 15.2 Å². The summed E-state index contributed by atoms with van der Waals surface area (Å²) in [6.45, 7) is 8.89. The van der Waals surface area contributed by atoms with Gasteiger partial charge in [0.15, 0.2) is 0 Å². The summed E-state index contributed by atoms with van der Waals surface area (Å²) >= 11 is 0. The largest absolute Gasteiger partial charge is 0.507 e. The Morgan fingerprint density at radius 3 is 2.51 bits per heavy atom. The molecule has 0 unspecified atom stereocenters. The highest BCUT2D eigenvalue weighted by atomic mass is 16.6. The van der Waals surface area contributed by atoms with Crippen molar-refractivity contribution < 1.29 is 19.4 Å². The van der Waals surface area contributed by atoms with Crippen molar-refractivity contribution in [1.82, 2.24) is 29.0 Å². The van der Waals surface area contributed by atoms with Crippen LogP contribution >= 0.6 is 0 Å². The summed E-state index contributed by atoms with van der Waals surface area (Å²) in [6.07, 6.45) is 11.1. The van der Waals surface area contributed by atoms with Gasteiger partial charge in [0.1, 0.15) is 17.2 Å². The Morgan fingerprint density at radius 1 is 1.05 bits per heavy atom. The topological polar surface area (TPSA) is 133 Å². The molecule has 2 aliphatic rings. The van der Waals surface area contributed by atoms with Crippen molar-refractivity contribution in [2.75, 3.05) is 18.8 Å². The van der Waals surface area contributed by atoms with E-state index in [1.54, 1.807) is 11.0 Å². The highest BCUT2D eigenvalue weighted by molar-refractivity contribution is 5.75. The standard InChI is InChI=1S/C30H37N7O4/c1-18-5-6-23(26(38)11-18)25-17-36-16-24(27(31)34-28(36)33-25)19-14-32-37(15-19)20-12-22(13-20)40-21-7-9-35(10-8-21)29(39)41-30(2,3)4/h5-6,11,14-17,20-22,38H,7-10,12-13H2,1-4H3,(H2,31,33,34). The van der Waals surface area contributed by atoms with E-state index in [1.807, 2.05) is 73.7 Å². The minimum absolute atomic E-state index is 0.160. The molecule has 0 radical (unpaired) electrons. The van der Waals surface area contributed by atoms with E-state index in [2.05, 4.69) is 15.1 Å². The Kier molecular flexibility index (Phi) is 6.85. The lowest BCUT2D eigenvalue weighted by molar-refractivity contribution is -0.0919. The molecule has 1 saturated carbocycles. The Morgan fingerprint density at radius 2 is 1.80 bits per heavy atom. The van der Waals surface area contributed by atoms with Crippen LogP contribution in [0.25, 0.3) is 28.2 Å². The third kappa shape index (κ3) is 5.72. The molecule has 0 atom stereocenters. The predicted octanol–water partition coefficient (Wildman–Crippen LogP) is 4.98. The van der Waals surface area contributed by atoms with Crippen molar-refractivity contribution in [1.29, 1.82) is 0 Å². The Hall–Kier alpha value is -4.12. The van der Waals surface area contributed by atoms with Gasteiger partial charge in [0.05, 0.1) is 30.1 Å². The number of ether oxygens (including phenoxy) is 2. The number of rotatable bonds is 5. The molecule has 1 aliphatic heterocycles. The molecule has 1 aliphatic carbocycles. The van der Waals surface area contributed by atoms with Crippen molar-refractivity contribution in [2.45, 2.75) is 77.2 Å². The van der Waals surface area contributed by atoms with Crippen LogP contribution in [-0.2, 0) is 9.47 Å². The molecule has 3 N–H and O–H groups in total. The first-order valence-electron chi connectivity index (χ1n) is 14.2. The number of amides is 1. The highest BCUT2D eigenvalue weighted by Gasteiger charge is 2.35. The second-order valence-corrected chi connectivity index (χ2v) is 12.2. The number of piperidine rings is 1. The maximum atomic E-state index is 12.3. The van der Waals surface area contributed by atoms with Gasteiger partial charge in [-0.2, -0.15) is 10.1 Å². The number of benzene rings is 1. The molecule has 4 aromatic rings. The molecule has 0 spiro atoms. The third-order valence-corrected chi connectivity index (χ3v) is 7.74. The molecular weight excluding hydrogens is 522 g/mol. The summed E-state index contributed by atoms with van der Waals surface area (Å²) in [5.41, 5.74) is 9.73. The first-order chi connectivity index (χ1) is 19.5. The summed E-state index contributed by atoms with van der Waals surface area (Å²) in [7, 11) is 0. The maximum absolute atomic E-state index is 12.3. The van der Waals surface area contributed by atoms with E-state index >= 15 is 0 Å². The van der Waals surface area contributed by atoms with Gasteiger partial charge >= 0.3 is 6.09 Å². The number of carbonyl (C=O) groups excluding carboxylic acids is 1. The van der Waals surface area contributed by atoms with Gasteiger partial charge in [-0.05, 0) is 71.1 Å². The number of aryl methyl sites for hydroxylation is 1. The van der Waals surface area contributed by atoms with Crippen molar-refractivity contribution >= 4 is 17.7 Å². The van der Waals surface area contributed by atoms with Crippen LogP contribution < -0.4 is 5.73 Å². The van der Waals surface area contributed by atoms with E-state index in [0.29, 0.717) is 35.9 Å². The first-order valence-corrected chi connectivity index (χ1v) is 14.2. The van der Waals surface area contributed by atoms with Gasteiger partial charge in [0.2, 0.25) is 5.78 Å². The molecular formula is C30H37N7O4. The maximum Gasteiger partial charge on any atom is 0.410 e. The number of likely N-dealkylation sites (tertiary alicyclic amines) is 1. The van der Waals surface area contributed by atoms with Gasteiger partial charge in [-0.15, -0.1) is 0 Å². The number of hydrogen-bond donors (Lipinski definition) is 2. The summed E-state index contributed by atoms with van der Waals surface area (Å²) in [5.74, 6) is 1.01. The van der Waals surface area contributed by atoms with Gasteiger partial charge in [0, 0.05) is 48.4 Å². The molecule has 0 bridgehead atoms. The molecule has 11 nitrogen and oxygen atoms in total. The number of nitrogen functional groups attached to an aromatic ring is 1. The number of fused-ring (bicyclic) bond motifs is 1. The van der Waals surface area contributed by atoms with Crippen LogP contribution in [0.5, 0.6) is 5.75 Å².